The minimum absolute atomic E-state index is 0.0367. The third-order valence-corrected chi connectivity index (χ3v) is 5.03. The molecule has 146 valence electrons. The van der Waals surface area contributed by atoms with Gasteiger partial charge in [-0.25, -0.2) is 4.68 Å². The van der Waals surface area contributed by atoms with Gasteiger partial charge in [-0.2, -0.15) is 0 Å². The third kappa shape index (κ3) is 3.33. The van der Waals surface area contributed by atoms with Gasteiger partial charge in [-0.05, 0) is 56.8 Å². The third-order valence-electron chi connectivity index (χ3n) is 5.03. The largest absolute Gasteiger partial charge is 0.506 e. The van der Waals surface area contributed by atoms with Crippen LogP contribution in [0.4, 0.5) is 11.4 Å². The van der Waals surface area contributed by atoms with Gasteiger partial charge in [-0.1, -0.05) is 41.5 Å². The van der Waals surface area contributed by atoms with Gasteiger partial charge in [0, 0.05) is 5.39 Å². The molecule has 0 atom stereocenters. The van der Waals surface area contributed by atoms with Crippen LogP contribution >= 0.6 is 0 Å². The minimum atomic E-state index is -0.290. The lowest BCUT2D eigenvalue weighted by molar-refractivity contribution is 0.477. The number of H-pyrrole nitrogens is 1. The van der Waals surface area contributed by atoms with Gasteiger partial charge in [-0.3, -0.25) is 9.89 Å². The number of aryl methyl sites for hydroxylation is 4. The van der Waals surface area contributed by atoms with Crippen molar-refractivity contribution in [3.8, 4) is 11.4 Å². The summed E-state index contributed by atoms with van der Waals surface area (Å²) in [4.78, 5) is 12.9. The molecule has 6 nitrogen and oxygen atoms in total. The minimum Gasteiger partial charge on any atom is -0.506 e. The molecule has 0 fully saturated rings. The van der Waals surface area contributed by atoms with Crippen molar-refractivity contribution in [2.45, 2.75) is 27.7 Å². The van der Waals surface area contributed by atoms with Crippen molar-refractivity contribution < 1.29 is 5.11 Å². The molecule has 0 amide bonds. The van der Waals surface area contributed by atoms with Crippen molar-refractivity contribution in [2.24, 2.45) is 10.2 Å². The van der Waals surface area contributed by atoms with E-state index in [0.29, 0.717) is 11.4 Å². The number of rotatable bonds is 3. The smallest absolute Gasteiger partial charge is 0.299 e. The van der Waals surface area contributed by atoms with Gasteiger partial charge in [0.05, 0.1) is 11.4 Å². The van der Waals surface area contributed by atoms with E-state index in [-0.39, 0.29) is 17.0 Å². The molecule has 2 N–H and O–H groups in total. The highest BCUT2D eigenvalue weighted by Gasteiger charge is 2.14. The molecule has 0 aliphatic carbocycles. The van der Waals surface area contributed by atoms with Crippen LogP contribution < -0.4 is 5.56 Å². The number of hydrogen-bond acceptors (Lipinski definition) is 4. The summed E-state index contributed by atoms with van der Waals surface area (Å²) in [7, 11) is 0. The maximum atomic E-state index is 12.9. The van der Waals surface area contributed by atoms with Crippen LogP contribution in [0.5, 0.6) is 5.75 Å². The molecule has 0 bridgehead atoms. The van der Waals surface area contributed by atoms with E-state index in [1.807, 2.05) is 57.2 Å². The van der Waals surface area contributed by atoms with E-state index in [9.17, 15) is 9.90 Å². The Kier molecular flexibility index (Phi) is 4.54. The number of nitrogens with zero attached hydrogens (tertiary/aromatic N) is 3. The Hall–Kier alpha value is -3.67. The molecular formula is C23H22N4O2. The lowest BCUT2D eigenvalue weighted by Gasteiger charge is -2.08. The fourth-order valence-corrected chi connectivity index (χ4v) is 3.42. The van der Waals surface area contributed by atoms with Crippen LogP contribution in [0.3, 0.4) is 0 Å². The zero-order chi connectivity index (χ0) is 20.7. The number of benzene rings is 3. The fraction of sp³-hybridized carbons (Fsp3) is 0.174. The standard InChI is InChI=1S/C23H22N4O2/c1-13-5-8-17(9-6-13)27-23(29)21(16(4)26-27)24-25-22-18-10-7-14(2)11-19(18)15(3)12-20(22)28/h5-12,26,28H,1-4H3. The predicted molar refractivity (Wildman–Crippen MR) is 115 cm³/mol. The van der Waals surface area contributed by atoms with Crippen LogP contribution in [0.2, 0.25) is 0 Å². The highest BCUT2D eigenvalue weighted by atomic mass is 16.3. The molecular weight excluding hydrogens is 364 g/mol. The monoisotopic (exact) mass is 386 g/mol. The Labute approximate surface area is 168 Å². The summed E-state index contributed by atoms with van der Waals surface area (Å²) < 4.78 is 1.44. The first-order valence-corrected chi connectivity index (χ1v) is 9.38. The van der Waals surface area contributed by atoms with E-state index in [0.717, 1.165) is 33.2 Å². The van der Waals surface area contributed by atoms with E-state index >= 15 is 0 Å². The van der Waals surface area contributed by atoms with E-state index in [1.165, 1.54) is 4.68 Å². The molecule has 4 rings (SSSR count). The number of aromatic hydroxyl groups is 1. The Morgan fingerprint density at radius 1 is 0.828 bits per heavy atom. The SMILES string of the molecule is Cc1ccc(-n2[nH]c(C)c(N=Nc3c(O)cc(C)c4cc(C)ccc34)c2=O)cc1. The van der Waals surface area contributed by atoms with Gasteiger partial charge in [0.15, 0.2) is 5.69 Å². The summed E-state index contributed by atoms with van der Waals surface area (Å²) in [5.74, 6) is 0.0367. The fourth-order valence-electron chi connectivity index (χ4n) is 3.42. The second kappa shape index (κ2) is 7.05. The van der Waals surface area contributed by atoms with Crippen LogP contribution in [0.1, 0.15) is 22.4 Å². The summed E-state index contributed by atoms with van der Waals surface area (Å²) in [6, 6.07) is 15.2. The zero-order valence-corrected chi connectivity index (χ0v) is 16.8. The summed E-state index contributed by atoms with van der Waals surface area (Å²) >= 11 is 0. The molecule has 3 aromatic carbocycles. The first-order valence-electron chi connectivity index (χ1n) is 9.38. The zero-order valence-electron chi connectivity index (χ0n) is 16.8. The molecule has 0 aliphatic rings. The van der Waals surface area contributed by atoms with Crippen molar-refractivity contribution in [2.75, 3.05) is 0 Å². The first kappa shape index (κ1) is 18.7. The topological polar surface area (TPSA) is 82.7 Å². The van der Waals surface area contributed by atoms with Crippen molar-refractivity contribution in [3.63, 3.8) is 0 Å². The molecule has 0 unspecified atom stereocenters. The molecule has 1 aromatic heterocycles. The lowest BCUT2D eigenvalue weighted by Crippen LogP contribution is -2.13. The summed E-state index contributed by atoms with van der Waals surface area (Å²) in [6.45, 7) is 7.73. The number of phenolic OH excluding ortho intramolecular Hbond substituents is 1. The van der Waals surface area contributed by atoms with Gasteiger partial charge in [0.25, 0.3) is 5.56 Å². The molecule has 1 heterocycles. The summed E-state index contributed by atoms with van der Waals surface area (Å²) in [5.41, 5.74) is 4.80. The number of azo groups is 1. The molecule has 0 aliphatic heterocycles. The Bertz CT molecular complexity index is 1310. The Morgan fingerprint density at radius 2 is 1.48 bits per heavy atom. The number of nitrogens with one attached hydrogen (secondary N) is 1. The van der Waals surface area contributed by atoms with Gasteiger partial charge in [-0.15, -0.1) is 10.2 Å². The maximum absolute atomic E-state index is 12.9. The van der Waals surface area contributed by atoms with E-state index in [1.54, 1.807) is 13.0 Å². The lowest BCUT2D eigenvalue weighted by atomic mass is 10.0. The maximum Gasteiger partial charge on any atom is 0.299 e. The number of aromatic nitrogens is 2. The van der Waals surface area contributed by atoms with Gasteiger partial charge >= 0.3 is 0 Å². The summed E-state index contributed by atoms with van der Waals surface area (Å²) in [6.07, 6.45) is 0. The van der Waals surface area contributed by atoms with E-state index < -0.39 is 0 Å². The average molecular weight is 386 g/mol. The van der Waals surface area contributed by atoms with Gasteiger partial charge in [0.1, 0.15) is 11.4 Å². The number of hydrogen-bond donors (Lipinski definition) is 2. The second-order valence-corrected chi connectivity index (χ2v) is 7.37. The van der Waals surface area contributed by atoms with Crippen LogP contribution in [0.15, 0.2) is 63.6 Å². The second-order valence-electron chi connectivity index (χ2n) is 7.37. The molecule has 29 heavy (non-hydrogen) atoms. The molecule has 0 spiro atoms. The quantitative estimate of drug-likeness (QED) is 0.444. The van der Waals surface area contributed by atoms with E-state index in [2.05, 4.69) is 21.4 Å². The molecule has 4 aromatic rings. The van der Waals surface area contributed by atoms with Crippen molar-refractivity contribution in [3.05, 3.63) is 81.3 Å². The van der Waals surface area contributed by atoms with Crippen molar-refractivity contribution in [1.82, 2.24) is 9.78 Å². The van der Waals surface area contributed by atoms with Crippen LogP contribution in [-0.4, -0.2) is 14.9 Å². The predicted octanol–water partition coefficient (Wildman–Crippen LogP) is 5.67. The van der Waals surface area contributed by atoms with Gasteiger partial charge < -0.3 is 5.11 Å². The highest BCUT2D eigenvalue weighted by molar-refractivity contribution is 5.97. The van der Waals surface area contributed by atoms with Crippen molar-refractivity contribution in [1.29, 1.82) is 0 Å². The van der Waals surface area contributed by atoms with Crippen LogP contribution in [0.25, 0.3) is 16.5 Å². The molecule has 6 heteroatoms. The molecule has 0 radical (unpaired) electrons. The number of phenols is 1. The highest BCUT2D eigenvalue weighted by Crippen LogP contribution is 2.38. The van der Waals surface area contributed by atoms with Gasteiger partial charge in [0.2, 0.25) is 0 Å². The Morgan fingerprint density at radius 3 is 2.21 bits per heavy atom. The first-order chi connectivity index (χ1) is 13.8. The molecule has 0 saturated carbocycles. The average Bonchev–Trinajstić information content (AvgIpc) is 2.97. The van der Waals surface area contributed by atoms with Crippen molar-refractivity contribution >= 4 is 22.1 Å². The number of aromatic amines is 1. The van der Waals surface area contributed by atoms with Crippen LogP contribution in [-0.2, 0) is 0 Å². The summed E-state index contributed by atoms with van der Waals surface area (Å²) in [5, 5.41) is 23.7. The van der Waals surface area contributed by atoms with E-state index in [4.69, 9.17) is 0 Å². The Balaban J connectivity index is 1.81. The molecule has 0 saturated heterocycles. The normalized spacial score (nSPS) is 11.6. The number of fused-ring (bicyclic) bond motifs is 1. The van der Waals surface area contributed by atoms with Crippen LogP contribution in [0, 0.1) is 27.7 Å².